The molecule has 1 fully saturated rings. The first kappa shape index (κ1) is 14.0. The number of nitrogens with one attached hydrogen (secondary N) is 1. The van der Waals surface area contributed by atoms with Crippen molar-refractivity contribution in [3.63, 3.8) is 0 Å². The van der Waals surface area contributed by atoms with Gasteiger partial charge < -0.3 is 0 Å². The van der Waals surface area contributed by atoms with Crippen molar-refractivity contribution in [2.24, 2.45) is 11.3 Å². The Bertz CT molecular complexity index is 563. The highest BCUT2D eigenvalue weighted by atomic mass is 32.2. The number of hydrogen-bond acceptors (Lipinski definition) is 4. The Morgan fingerprint density at radius 3 is 2.58 bits per heavy atom. The van der Waals surface area contributed by atoms with Crippen molar-refractivity contribution in [2.45, 2.75) is 38.0 Å². The van der Waals surface area contributed by atoms with E-state index in [1.54, 1.807) is 13.8 Å². The first-order valence-electron chi connectivity index (χ1n) is 6.31. The van der Waals surface area contributed by atoms with Crippen LogP contribution in [0.15, 0.2) is 29.4 Å². The van der Waals surface area contributed by atoms with Crippen LogP contribution in [-0.2, 0) is 14.8 Å². The molecule has 0 radical (unpaired) electrons. The Labute approximate surface area is 113 Å². The minimum atomic E-state index is -3.82. The Kier molecular flexibility index (Phi) is 3.62. The molecule has 0 spiro atoms. The molecule has 1 aliphatic rings. The second kappa shape index (κ2) is 4.92. The number of pyridine rings is 1. The SMILES string of the molecule is CC(C)(C(=O)NS(=O)(=O)c1cccnc1)C1CCC1. The van der Waals surface area contributed by atoms with Gasteiger partial charge in [-0.05, 0) is 30.9 Å². The predicted molar refractivity (Wildman–Crippen MR) is 70.7 cm³/mol. The van der Waals surface area contributed by atoms with Crippen molar-refractivity contribution in [3.05, 3.63) is 24.5 Å². The molecular formula is C13H18N2O3S. The summed E-state index contributed by atoms with van der Waals surface area (Å²) in [5.41, 5.74) is -0.659. The fourth-order valence-corrected chi connectivity index (χ4v) is 3.22. The van der Waals surface area contributed by atoms with Crippen LogP contribution in [0.4, 0.5) is 0 Å². The number of hydrogen-bond donors (Lipinski definition) is 1. The first-order valence-corrected chi connectivity index (χ1v) is 7.79. The average molecular weight is 282 g/mol. The van der Waals surface area contributed by atoms with Crippen molar-refractivity contribution in [1.29, 1.82) is 0 Å². The molecule has 1 amide bonds. The number of aromatic nitrogens is 1. The van der Waals surface area contributed by atoms with Gasteiger partial charge in [-0.15, -0.1) is 0 Å². The molecule has 1 aliphatic carbocycles. The zero-order valence-electron chi connectivity index (χ0n) is 11.1. The number of amides is 1. The molecular weight excluding hydrogens is 264 g/mol. The third-order valence-electron chi connectivity index (χ3n) is 3.88. The van der Waals surface area contributed by atoms with Gasteiger partial charge in [-0.1, -0.05) is 20.3 Å². The van der Waals surface area contributed by atoms with E-state index < -0.39 is 21.3 Å². The van der Waals surface area contributed by atoms with Crippen molar-refractivity contribution in [3.8, 4) is 0 Å². The molecule has 0 aliphatic heterocycles. The summed E-state index contributed by atoms with van der Waals surface area (Å²) in [5, 5.41) is 0. The highest BCUT2D eigenvalue weighted by Crippen LogP contribution is 2.41. The summed E-state index contributed by atoms with van der Waals surface area (Å²) >= 11 is 0. The van der Waals surface area contributed by atoms with Gasteiger partial charge in [0.1, 0.15) is 4.90 Å². The van der Waals surface area contributed by atoms with E-state index in [4.69, 9.17) is 0 Å². The molecule has 104 valence electrons. The van der Waals surface area contributed by atoms with E-state index in [1.807, 2.05) is 0 Å². The number of sulfonamides is 1. The molecule has 0 saturated heterocycles. The van der Waals surface area contributed by atoms with Crippen LogP contribution in [0.3, 0.4) is 0 Å². The summed E-state index contributed by atoms with van der Waals surface area (Å²) in [4.78, 5) is 15.9. The van der Waals surface area contributed by atoms with E-state index >= 15 is 0 Å². The zero-order valence-corrected chi connectivity index (χ0v) is 11.9. The third kappa shape index (κ3) is 2.78. The average Bonchev–Trinajstić information content (AvgIpc) is 2.26. The van der Waals surface area contributed by atoms with Crippen LogP contribution in [0.5, 0.6) is 0 Å². The van der Waals surface area contributed by atoms with Gasteiger partial charge in [-0.2, -0.15) is 0 Å². The molecule has 0 aromatic carbocycles. The Morgan fingerprint density at radius 2 is 2.11 bits per heavy atom. The van der Waals surface area contributed by atoms with Crippen LogP contribution >= 0.6 is 0 Å². The molecule has 5 nitrogen and oxygen atoms in total. The summed E-state index contributed by atoms with van der Waals surface area (Å²) in [6.07, 6.45) is 5.78. The summed E-state index contributed by atoms with van der Waals surface area (Å²) in [6.45, 7) is 3.59. The minimum absolute atomic E-state index is 0.00718. The van der Waals surface area contributed by atoms with Gasteiger partial charge in [0, 0.05) is 17.8 Å². The fraction of sp³-hybridized carbons (Fsp3) is 0.538. The van der Waals surface area contributed by atoms with E-state index in [2.05, 4.69) is 9.71 Å². The summed E-state index contributed by atoms with van der Waals surface area (Å²) in [6, 6.07) is 2.94. The van der Waals surface area contributed by atoms with Crippen molar-refractivity contribution in [1.82, 2.24) is 9.71 Å². The van der Waals surface area contributed by atoms with Gasteiger partial charge in [0.2, 0.25) is 5.91 Å². The van der Waals surface area contributed by atoms with Crippen LogP contribution in [0.25, 0.3) is 0 Å². The molecule has 0 unspecified atom stereocenters. The Morgan fingerprint density at radius 1 is 1.42 bits per heavy atom. The number of carbonyl (C=O) groups excluding carboxylic acids is 1. The van der Waals surface area contributed by atoms with Crippen molar-refractivity contribution < 1.29 is 13.2 Å². The topological polar surface area (TPSA) is 76.1 Å². The summed E-state index contributed by atoms with van der Waals surface area (Å²) in [5.74, 6) is -0.183. The molecule has 1 N–H and O–H groups in total. The first-order chi connectivity index (χ1) is 8.84. The normalized spacial score (nSPS) is 16.7. The maximum Gasteiger partial charge on any atom is 0.265 e. The van der Waals surface area contributed by atoms with Gasteiger partial charge in [-0.3, -0.25) is 9.78 Å². The summed E-state index contributed by atoms with van der Waals surface area (Å²) in [7, 11) is -3.82. The second-order valence-corrected chi connectivity index (χ2v) is 7.16. The summed E-state index contributed by atoms with van der Waals surface area (Å²) < 4.78 is 26.2. The largest absolute Gasteiger partial charge is 0.273 e. The van der Waals surface area contributed by atoms with E-state index in [9.17, 15) is 13.2 Å². The highest BCUT2D eigenvalue weighted by molar-refractivity contribution is 7.90. The molecule has 1 heterocycles. The lowest BCUT2D eigenvalue weighted by Gasteiger charge is -2.38. The standard InChI is InChI=1S/C13H18N2O3S/c1-13(2,10-5-3-6-10)12(16)15-19(17,18)11-7-4-8-14-9-11/h4,7-10H,3,5-6H2,1-2H3,(H,15,16). The van der Waals surface area contributed by atoms with Crippen LogP contribution < -0.4 is 4.72 Å². The van der Waals surface area contributed by atoms with E-state index in [0.717, 1.165) is 19.3 Å². The molecule has 1 aromatic heterocycles. The monoisotopic (exact) mass is 282 g/mol. The van der Waals surface area contributed by atoms with Crippen molar-refractivity contribution >= 4 is 15.9 Å². The van der Waals surface area contributed by atoms with Crippen LogP contribution in [-0.4, -0.2) is 19.3 Å². The maximum absolute atomic E-state index is 12.2. The number of carbonyl (C=O) groups is 1. The van der Waals surface area contributed by atoms with E-state index in [-0.39, 0.29) is 10.8 Å². The van der Waals surface area contributed by atoms with E-state index in [1.165, 1.54) is 24.5 Å². The number of rotatable bonds is 4. The zero-order chi connectivity index (χ0) is 14.1. The quantitative estimate of drug-likeness (QED) is 0.912. The lowest BCUT2D eigenvalue weighted by Crippen LogP contribution is -2.46. The van der Waals surface area contributed by atoms with Gasteiger partial charge in [0.15, 0.2) is 0 Å². The molecule has 6 heteroatoms. The molecule has 1 aromatic rings. The van der Waals surface area contributed by atoms with Crippen LogP contribution in [0.1, 0.15) is 33.1 Å². The predicted octanol–water partition coefficient (Wildman–Crippen LogP) is 1.71. The van der Waals surface area contributed by atoms with E-state index in [0.29, 0.717) is 0 Å². The second-order valence-electron chi connectivity index (χ2n) is 5.47. The Hall–Kier alpha value is -1.43. The molecule has 0 bridgehead atoms. The molecule has 0 atom stereocenters. The molecule has 19 heavy (non-hydrogen) atoms. The van der Waals surface area contributed by atoms with Gasteiger partial charge in [0.05, 0.1) is 0 Å². The lowest BCUT2D eigenvalue weighted by molar-refractivity contribution is -0.132. The molecule has 2 rings (SSSR count). The third-order valence-corrected chi connectivity index (χ3v) is 5.20. The van der Waals surface area contributed by atoms with Gasteiger partial charge >= 0.3 is 0 Å². The minimum Gasteiger partial charge on any atom is -0.273 e. The van der Waals surface area contributed by atoms with Gasteiger partial charge in [-0.25, -0.2) is 13.1 Å². The Balaban J connectivity index is 2.14. The highest BCUT2D eigenvalue weighted by Gasteiger charge is 2.41. The maximum atomic E-state index is 12.2. The van der Waals surface area contributed by atoms with Crippen LogP contribution in [0.2, 0.25) is 0 Å². The fourth-order valence-electron chi connectivity index (χ4n) is 2.13. The lowest BCUT2D eigenvalue weighted by atomic mass is 9.67. The van der Waals surface area contributed by atoms with Gasteiger partial charge in [0.25, 0.3) is 10.0 Å². The molecule has 1 saturated carbocycles. The number of nitrogens with zero attached hydrogens (tertiary/aromatic N) is 1. The van der Waals surface area contributed by atoms with Crippen molar-refractivity contribution in [2.75, 3.05) is 0 Å². The smallest absolute Gasteiger partial charge is 0.265 e. The van der Waals surface area contributed by atoms with Crippen LogP contribution in [0, 0.1) is 11.3 Å².